The highest BCUT2D eigenvalue weighted by atomic mass is 16.5. The number of morpholine rings is 1. The van der Waals surface area contributed by atoms with Crippen LogP contribution in [0.2, 0.25) is 0 Å². The first-order valence-electron chi connectivity index (χ1n) is 6.69. The summed E-state index contributed by atoms with van der Waals surface area (Å²) in [6.07, 6.45) is -0.202. The Hall–Kier alpha value is -1.79. The van der Waals surface area contributed by atoms with E-state index in [1.165, 1.54) is 0 Å². The van der Waals surface area contributed by atoms with Crippen LogP contribution in [-0.4, -0.2) is 50.1 Å². The lowest BCUT2D eigenvalue weighted by atomic mass is 10.1. The third-order valence-electron chi connectivity index (χ3n) is 3.24. The van der Waals surface area contributed by atoms with Crippen molar-refractivity contribution in [2.24, 2.45) is 0 Å². The summed E-state index contributed by atoms with van der Waals surface area (Å²) in [5.41, 5.74) is 7.47. The number of rotatable bonds is 4. The van der Waals surface area contributed by atoms with E-state index in [9.17, 15) is 4.79 Å². The van der Waals surface area contributed by atoms with Crippen molar-refractivity contribution < 1.29 is 19.4 Å². The number of benzene rings is 1. The van der Waals surface area contributed by atoms with Gasteiger partial charge in [0, 0.05) is 24.5 Å². The van der Waals surface area contributed by atoms with E-state index >= 15 is 0 Å². The van der Waals surface area contributed by atoms with E-state index in [0.717, 1.165) is 5.69 Å². The molecule has 1 aliphatic rings. The number of nitrogen functional groups attached to an aromatic ring is 1. The average Bonchev–Trinajstić information content (AvgIpc) is 2.48. The van der Waals surface area contributed by atoms with Crippen molar-refractivity contribution in [2.75, 3.05) is 43.5 Å². The topological polar surface area (TPSA) is 85.0 Å². The van der Waals surface area contributed by atoms with E-state index < -0.39 is 5.97 Å². The number of hydrogen-bond donors (Lipinski definition) is 2. The molecule has 3 N–H and O–H groups in total. The molecule has 1 heterocycles. The molecule has 0 bridgehead atoms. The highest BCUT2D eigenvalue weighted by Crippen LogP contribution is 2.23. The number of anilines is 2. The average molecular weight is 280 g/mol. The predicted octanol–water partition coefficient (Wildman–Crippen LogP) is 0.643. The smallest absolute Gasteiger partial charge is 0.340 e. The minimum Gasteiger partial charge on any atom is -0.462 e. The summed E-state index contributed by atoms with van der Waals surface area (Å²) >= 11 is 0. The van der Waals surface area contributed by atoms with Crippen LogP contribution in [0.4, 0.5) is 11.4 Å². The van der Waals surface area contributed by atoms with Gasteiger partial charge in [-0.25, -0.2) is 4.79 Å². The van der Waals surface area contributed by atoms with Crippen molar-refractivity contribution in [1.29, 1.82) is 0 Å². The highest BCUT2D eigenvalue weighted by molar-refractivity contribution is 5.96. The zero-order valence-electron chi connectivity index (χ0n) is 11.5. The Kier molecular flexibility index (Phi) is 4.81. The lowest BCUT2D eigenvalue weighted by Gasteiger charge is -2.34. The molecule has 110 valence electrons. The molecule has 0 saturated carbocycles. The number of carbonyl (C=O) groups is 1. The summed E-state index contributed by atoms with van der Waals surface area (Å²) in [6, 6.07) is 5.29. The molecule has 0 amide bonds. The second-order valence-electron chi connectivity index (χ2n) is 4.61. The molecule has 1 unspecified atom stereocenters. The second-order valence-corrected chi connectivity index (χ2v) is 4.61. The maximum atomic E-state index is 11.8. The van der Waals surface area contributed by atoms with Gasteiger partial charge in [-0.1, -0.05) is 0 Å². The van der Waals surface area contributed by atoms with Crippen LogP contribution in [0.25, 0.3) is 0 Å². The second kappa shape index (κ2) is 6.58. The summed E-state index contributed by atoms with van der Waals surface area (Å²) in [6.45, 7) is 3.89. The normalized spacial score (nSPS) is 18.9. The van der Waals surface area contributed by atoms with Gasteiger partial charge in [-0.2, -0.15) is 0 Å². The van der Waals surface area contributed by atoms with Crippen molar-refractivity contribution in [2.45, 2.75) is 13.0 Å². The molecular formula is C14H20N2O4. The maximum absolute atomic E-state index is 11.8. The minimum absolute atomic E-state index is 0.0177. The van der Waals surface area contributed by atoms with Gasteiger partial charge in [0.1, 0.15) is 0 Å². The fourth-order valence-electron chi connectivity index (χ4n) is 2.19. The fraction of sp³-hybridized carbons (Fsp3) is 0.500. The van der Waals surface area contributed by atoms with E-state index in [1.807, 2.05) is 6.07 Å². The van der Waals surface area contributed by atoms with Crippen molar-refractivity contribution in [3.8, 4) is 0 Å². The standard InChI is InChI=1S/C14H20N2O4/c1-2-19-14(18)12-7-10(3-4-13(12)15)16-5-6-20-11(8-16)9-17/h3-4,7,11,17H,2,5-6,8-9,15H2,1H3. The van der Waals surface area contributed by atoms with Crippen LogP contribution in [0.5, 0.6) is 0 Å². The zero-order valence-corrected chi connectivity index (χ0v) is 11.5. The molecule has 1 saturated heterocycles. The Bertz CT molecular complexity index is 478. The van der Waals surface area contributed by atoms with Crippen LogP contribution in [-0.2, 0) is 9.47 Å². The molecule has 1 aromatic rings. The Morgan fingerprint density at radius 1 is 1.60 bits per heavy atom. The van der Waals surface area contributed by atoms with Crippen molar-refractivity contribution in [3.05, 3.63) is 23.8 Å². The monoisotopic (exact) mass is 280 g/mol. The molecule has 0 spiro atoms. The third kappa shape index (κ3) is 3.20. The first kappa shape index (κ1) is 14.6. The number of nitrogens with zero attached hydrogens (tertiary/aromatic N) is 1. The highest BCUT2D eigenvalue weighted by Gasteiger charge is 2.21. The van der Waals surface area contributed by atoms with Gasteiger partial charge in [0.15, 0.2) is 0 Å². The summed E-state index contributed by atoms with van der Waals surface area (Å²) in [7, 11) is 0. The fourth-order valence-corrected chi connectivity index (χ4v) is 2.19. The molecule has 0 aromatic heterocycles. The number of carbonyl (C=O) groups excluding carboxylic acids is 1. The Labute approximate surface area is 118 Å². The van der Waals surface area contributed by atoms with Crippen LogP contribution in [0, 0.1) is 0 Å². The van der Waals surface area contributed by atoms with Gasteiger partial charge in [-0.05, 0) is 25.1 Å². The Morgan fingerprint density at radius 3 is 3.10 bits per heavy atom. The summed E-state index contributed by atoms with van der Waals surface area (Å²) in [4.78, 5) is 13.9. The zero-order chi connectivity index (χ0) is 14.5. The molecule has 0 radical (unpaired) electrons. The maximum Gasteiger partial charge on any atom is 0.340 e. The van der Waals surface area contributed by atoms with Gasteiger partial charge < -0.3 is 25.2 Å². The van der Waals surface area contributed by atoms with E-state index in [1.54, 1.807) is 19.1 Å². The van der Waals surface area contributed by atoms with Crippen molar-refractivity contribution in [1.82, 2.24) is 0 Å². The molecule has 1 aromatic carbocycles. The summed E-state index contributed by atoms with van der Waals surface area (Å²) < 4.78 is 10.4. The number of aliphatic hydroxyl groups excluding tert-OH is 1. The van der Waals surface area contributed by atoms with Gasteiger partial charge in [-0.3, -0.25) is 0 Å². The van der Waals surface area contributed by atoms with Gasteiger partial charge in [0.25, 0.3) is 0 Å². The van der Waals surface area contributed by atoms with Crippen LogP contribution < -0.4 is 10.6 Å². The largest absolute Gasteiger partial charge is 0.462 e. The van der Waals surface area contributed by atoms with E-state index in [0.29, 0.717) is 37.6 Å². The van der Waals surface area contributed by atoms with E-state index in [4.69, 9.17) is 20.3 Å². The molecule has 20 heavy (non-hydrogen) atoms. The molecule has 6 nitrogen and oxygen atoms in total. The van der Waals surface area contributed by atoms with Crippen molar-refractivity contribution in [3.63, 3.8) is 0 Å². The molecule has 6 heteroatoms. The van der Waals surface area contributed by atoms with Crippen molar-refractivity contribution >= 4 is 17.3 Å². The van der Waals surface area contributed by atoms with Crippen LogP contribution >= 0.6 is 0 Å². The van der Waals surface area contributed by atoms with Crippen LogP contribution in [0.1, 0.15) is 17.3 Å². The number of ether oxygens (including phenoxy) is 2. The molecule has 0 aliphatic carbocycles. The van der Waals surface area contributed by atoms with Gasteiger partial charge in [-0.15, -0.1) is 0 Å². The molecule has 1 atom stereocenters. The number of nitrogens with two attached hydrogens (primary N) is 1. The van der Waals surface area contributed by atoms with Gasteiger partial charge in [0.05, 0.1) is 31.5 Å². The van der Waals surface area contributed by atoms with Gasteiger partial charge in [0.2, 0.25) is 0 Å². The molecule has 2 rings (SSSR count). The lowest BCUT2D eigenvalue weighted by molar-refractivity contribution is 0.00356. The Balaban J connectivity index is 2.20. The first-order valence-corrected chi connectivity index (χ1v) is 6.69. The molecule has 1 fully saturated rings. The third-order valence-corrected chi connectivity index (χ3v) is 3.24. The lowest BCUT2D eigenvalue weighted by Crippen LogP contribution is -2.44. The number of esters is 1. The van der Waals surface area contributed by atoms with Gasteiger partial charge >= 0.3 is 5.97 Å². The first-order chi connectivity index (χ1) is 9.65. The Morgan fingerprint density at radius 2 is 2.40 bits per heavy atom. The quantitative estimate of drug-likeness (QED) is 0.622. The number of hydrogen-bond acceptors (Lipinski definition) is 6. The van der Waals surface area contributed by atoms with Crippen LogP contribution in [0.15, 0.2) is 18.2 Å². The van der Waals surface area contributed by atoms with E-state index in [2.05, 4.69) is 4.90 Å². The van der Waals surface area contributed by atoms with E-state index in [-0.39, 0.29) is 12.7 Å². The minimum atomic E-state index is -0.418. The summed E-state index contributed by atoms with van der Waals surface area (Å²) in [5, 5.41) is 9.17. The number of aliphatic hydroxyl groups is 1. The molecule has 1 aliphatic heterocycles. The summed E-state index contributed by atoms with van der Waals surface area (Å²) in [5.74, 6) is -0.418. The molecular weight excluding hydrogens is 260 g/mol. The predicted molar refractivity (Wildman–Crippen MR) is 75.8 cm³/mol. The van der Waals surface area contributed by atoms with Crippen LogP contribution in [0.3, 0.4) is 0 Å². The SMILES string of the molecule is CCOC(=O)c1cc(N2CCOC(CO)C2)ccc1N.